The van der Waals surface area contributed by atoms with Crippen molar-refractivity contribution in [1.29, 1.82) is 0 Å². The number of nitrogens with one attached hydrogen (secondary N) is 3. The molecule has 0 unspecified atom stereocenters. The van der Waals surface area contributed by atoms with Crippen molar-refractivity contribution in [3.63, 3.8) is 0 Å². The zero-order valence-electron chi connectivity index (χ0n) is 9.53. The highest BCUT2D eigenvalue weighted by atomic mass is 32.1. The third kappa shape index (κ3) is 3.74. The van der Waals surface area contributed by atoms with E-state index in [1.54, 1.807) is 0 Å². The molecule has 0 bridgehead atoms. The SMILES string of the molecule is O=C(NCCNC1=NCCCN1)c1cccs1. The molecule has 0 aromatic carbocycles. The summed E-state index contributed by atoms with van der Waals surface area (Å²) in [6.45, 7) is 3.12. The molecule has 0 saturated carbocycles. The fourth-order valence-electron chi connectivity index (χ4n) is 1.50. The Morgan fingerprint density at radius 1 is 1.53 bits per heavy atom. The molecule has 0 spiro atoms. The van der Waals surface area contributed by atoms with E-state index >= 15 is 0 Å². The van der Waals surface area contributed by atoms with Gasteiger partial charge in [0.15, 0.2) is 5.96 Å². The van der Waals surface area contributed by atoms with E-state index in [1.807, 2.05) is 17.5 Å². The number of carbonyl (C=O) groups excluding carboxylic acids is 1. The molecular weight excluding hydrogens is 236 g/mol. The van der Waals surface area contributed by atoms with Crippen LogP contribution in [0.3, 0.4) is 0 Å². The summed E-state index contributed by atoms with van der Waals surface area (Å²) >= 11 is 1.45. The first-order valence-corrected chi connectivity index (χ1v) is 6.58. The summed E-state index contributed by atoms with van der Waals surface area (Å²) < 4.78 is 0. The molecular formula is C11H16N4OS. The number of guanidine groups is 1. The van der Waals surface area contributed by atoms with Crippen molar-refractivity contribution in [2.24, 2.45) is 4.99 Å². The highest BCUT2D eigenvalue weighted by Crippen LogP contribution is 2.07. The highest BCUT2D eigenvalue weighted by molar-refractivity contribution is 7.12. The van der Waals surface area contributed by atoms with E-state index in [2.05, 4.69) is 20.9 Å². The van der Waals surface area contributed by atoms with Crippen molar-refractivity contribution in [2.75, 3.05) is 26.2 Å². The van der Waals surface area contributed by atoms with Gasteiger partial charge in [0, 0.05) is 26.2 Å². The Morgan fingerprint density at radius 2 is 2.47 bits per heavy atom. The molecule has 0 atom stereocenters. The van der Waals surface area contributed by atoms with Gasteiger partial charge in [0.2, 0.25) is 0 Å². The van der Waals surface area contributed by atoms with Crippen LogP contribution in [0, 0.1) is 0 Å². The molecule has 6 heteroatoms. The number of carbonyl (C=O) groups is 1. The molecule has 3 N–H and O–H groups in total. The molecule has 2 rings (SSSR count). The van der Waals surface area contributed by atoms with Gasteiger partial charge in [-0.15, -0.1) is 11.3 Å². The maximum Gasteiger partial charge on any atom is 0.261 e. The molecule has 1 aliphatic rings. The first-order valence-electron chi connectivity index (χ1n) is 5.70. The van der Waals surface area contributed by atoms with Crippen LogP contribution in [-0.4, -0.2) is 38.0 Å². The highest BCUT2D eigenvalue weighted by Gasteiger charge is 2.05. The van der Waals surface area contributed by atoms with Crippen LogP contribution in [0.25, 0.3) is 0 Å². The second-order valence-corrected chi connectivity index (χ2v) is 4.62. The van der Waals surface area contributed by atoms with Gasteiger partial charge in [-0.1, -0.05) is 6.07 Å². The summed E-state index contributed by atoms with van der Waals surface area (Å²) in [4.78, 5) is 16.6. The lowest BCUT2D eigenvalue weighted by Gasteiger charge is -2.15. The van der Waals surface area contributed by atoms with Crippen LogP contribution < -0.4 is 16.0 Å². The minimum absolute atomic E-state index is 0.0136. The summed E-state index contributed by atoms with van der Waals surface area (Å²) in [5, 5.41) is 11.1. The minimum atomic E-state index is -0.0136. The minimum Gasteiger partial charge on any atom is -0.356 e. The molecule has 5 nitrogen and oxygen atoms in total. The predicted molar refractivity (Wildman–Crippen MR) is 69.6 cm³/mol. The van der Waals surface area contributed by atoms with E-state index in [4.69, 9.17) is 0 Å². The standard InChI is InChI=1S/C11H16N4OS/c16-10(9-3-1-8-17-9)12-6-7-15-11-13-4-2-5-14-11/h1,3,8H,2,4-7H2,(H,12,16)(H2,13,14,15). The van der Waals surface area contributed by atoms with Crippen LogP contribution in [0.2, 0.25) is 0 Å². The second kappa shape index (κ2) is 6.24. The van der Waals surface area contributed by atoms with Gasteiger partial charge in [-0.2, -0.15) is 0 Å². The van der Waals surface area contributed by atoms with Crippen LogP contribution >= 0.6 is 11.3 Å². The molecule has 2 heterocycles. The zero-order valence-corrected chi connectivity index (χ0v) is 10.3. The fourth-order valence-corrected chi connectivity index (χ4v) is 2.14. The first-order chi connectivity index (χ1) is 8.36. The molecule has 0 saturated heterocycles. The summed E-state index contributed by atoms with van der Waals surface area (Å²) in [7, 11) is 0. The lowest BCUT2D eigenvalue weighted by molar-refractivity contribution is 0.0958. The topological polar surface area (TPSA) is 65.5 Å². The van der Waals surface area contributed by atoms with Crippen LogP contribution in [0.5, 0.6) is 0 Å². The van der Waals surface area contributed by atoms with Crippen LogP contribution in [0.4, 0.5) is 0 Å². The Bertz CT molecular complexity index is 388. The second-order valence-electron chi connectivity index (χ2n) is 3.67. The summed E-state index contributed by atoms with van der Waals surface area (Å²) in [5.74, 6) is 0.821. The van der Waals surface area contributed by atoms with Gasteiger partial charge in [-0.3, -0.25) is 9.79 Å². The Morgan fingerprint density at radius 3 is 3.18 bits per heavy atom. The fraction of sp³-hybridized carbons (Fsp3) is 0.455. The Labute approximate surface area is 104 Å². The molecule has 0 aliphatic carbocycles. The smallest absolute Gasteiger partial charge is 0.261 e. The van der Waals surface area contributed by atoms with E-state index in [-0.39, 0.29) is 5.91 Å². The number of thiophene rings is 1. The van der Waals surface area contributed by atoms with Gasteiger partial charge >= 0.3 is 0 Å². The van der Waals surface area contributed by atoms with E-state index in [9.17, 15) is 4.79 Å². The van der Waals surface area contributed by atoms with Crippen LogP contribution in [0.15, 0.2) is 22.5 Å². The van der Waals surface area contributed by atoms with Crippen molar-refractivity contribution >= 4 is 23.2 Å². The van der Waals surface area contributed by atoms with E-state index < -0.39 is 0 Å². The van der Waals surface area contributed by atoms with Crippen molar-refractivity contribution in [3.8, 4) is 0 Å². The average molecular weight is 252 g/mol. The van der Waals surface area contributed by atoms with Gasteiger partial charge in [-0.05, 0) is 17.9 Å². The largest absolute Gasteiger partial charge is 0.356 e. The summed E-state index contributed by atoms with van der Waals surface area (Å²) in [5.41, 5.74) is 0. The Balaban J connectivity index is 1.63. The molecule has 1 aliphatic heterocycles. The normalized spacial score (nSPS) is 14.7. The number of hydrogen-bond acceptors (Lipinski definition) is 5. The van der Waals surface area contributed by atoms with E-state index in [0.717, 1.165) is 30.3 Å². The van der Waals surface area contributed by atoms with Crippen molar-refractivity contribution < 1.29 is 4.79 Å². The van der Waals surface area contributed by atoms with Crippen molar-refractivity contribution in [2.45, 2.75) is 6.42 Å². The maximum absolute atomic E-state index is 11.6. The molecule has 0 fully saturated rings. The summed E-state index contributed by atoms with van der Waals surface area (Å²) in [6, 6.07) is 3.69. The Hall–Kier alpha value is -1.56. The first kappa shape index (κ1) is 11.9. The van der Waals surface area contributed by atoms with Crippen LogP contribution in [0.1, 0.15) is 16.1 Å². The van der Waals surface area contributed by atoms with Gasteiger partial charge in [-0.25, -0.2) is 0 Å². The number of rotatable bonds is 4. The molecule has 0 radical (unpaired) electrons. The monoisotopic (exact) mass is 252 g/mol. The van der Waals surface area contributed by atoms with Gasteiger partial charge < -0.3 is 16.0 Å². The summed E-state index contributed by atoms with van der Waals surface area (Å²) in [6.07, 6.45) is 1.08. The molecule has 92 valence electrons. The van der Waals surface area contributed by atoms with Crippen molar-refractivity contribution in [3.05, 3.63) is 22.4 Å². The van der Waals surface area contributed by atoms with Gasteiger partial charge in [0.05, 0.1) is 4.88 Å². The molecule has 17 heavy (non-hydrogen) atoms. The number of aliphatic imine (C=N–C) groups is 1. The van der Waals surface area contributed by atoms with Crippen LogP contribution in [-0.2, 0) is 0 Å². The van der Waals surface area contributed by atoms with Gasteiger partial charge in [0.25, 0.3) is 5.91 Å². The Kier molecular flexibility index (Phi) is 4.37. The quantitative estimate of drug-likeness (QED) is 0.680. The average Bonchev–Trinajstić information content (AvgIpc) is 2.89. The predicted octanol–water partition coefficient (Wildman–Crippen LogP) is 0.417. The third-order valence-electron chi connectivity index (χ3n) is 2.35. The lowest BCUT2D eigenvalue weighted by atomic mass is 10.4. The van der Waals surface area contributed by atoms with E-state index in [0.29, 0.717) is 13.1 Å². The maximum atomic E-state index is 11.6. The third-order valence-corrected chi connectivity index (χ3v) is 3.21. The zero-order chi connectivity index (χ0) is 11.9. The number of nitrogens with zero attached hydrogens (tertiary/aromatic N) is 1. The van der Waals surface area contributed by atoms with Crippen molar-refractivity contribution in [1.82, 2.24) is 16.0 Å². The van der Waals surface area contributed by atoms with E-state index in [1.165, 1.54) is 11.3 Å². The molecule has 1 aromatic heterocycles. The number of hydrogen-bond donors (Lipinski definition) is 3. The number of amides is 1. The molecule has 1 amide bonds. The van der Waals surface area contributed by atoms with Gasteiger partial charge in [0.1, 0.15) is 0 Å². The lowest BCUT2D eigenvalue weighted by Crippen LogP contribution is -2.43. The molecule has 1 aromatic rings.